The Morgan fingerprint density at radius 2 is 1.67 bits per heavy atom. The second-order valence-corrected chi connectivity index (χ2v) is 6.98. The third-order valence-electron chi connectivity index (χ3n) is 4.93. The van der Waals surface area contributed by atoms with Crippen molar-refractivity contribution in [3.8, 4) is 0 Å². The molecule has 2 heterocycles. The number of aryl methyl sites for hydroxylation is 1. The van der Waals surface area contributed by atoms with Crippen molar-refractivity contribution in [2.45, 2.75) is 19.6 Å². The van der Waals surface area contributed by atoms with Crippen LogP contribution in [0.4, 0.5) is 0 Å². The minimum Gasteiger partial charge on any atom is -0.352 e. The van der Waals surface area contributed by atoms with Crippen LogP contribution >= 0.6 is 0 Å². The molecule has 146 valence electrons. The summed E-state index contributed by atoms with van der Waals surface area (Å²) in [5.74, 6) is 1.62. The zero-order valence-corrected chi connectivity index (χ0v) is 16.5. The average molecular weight is 371 g/mol. The number of likely N-dealkylation sites (N-methyl/N-ethyl adjacent to an activating group) is 1. The smallest absolute Gasteiger partial charge is 0.191 e. The number of hydrogen-bond donors (Lipinski definition) is 2. The van der Waals surface area contributed by atoms with Gasteiger partial charge in [0.15, 0.2) is 5.96 Å². The Morgan fingerprint density at radius 3 is 2.30 bits per heavy atom. The molecule has 3 rings (SSSR count). The highest BCUT2D eigenvalue weighted by molar-refractivity contribution is 5.79. The molecule has 0 bridgehead atoms. The Kier molecular flexibility index (Phi) is 6.78. The van der Waals surface area contributed by atoms with Crippen LogP contribution in [-0.4, -0.2) is 70.8 Å². The summed E-state index contributed by atoms with van der Waals surface area (Å²) < 4.78 is 1.75. The quantitative estimate of drug-likeness (QED) is 0.567. The molecular formula is C19H30N8. The number of piperazine rings is 1. The van der Waals surface area contributed by atoms with Gasteiger partial charge in [0.2, 0.25) is 0 Å². The number of guanidine groups is 1. The van der Waals surface area contributed by atoms with Crippen molar-refractivity contribution in [3.63, 3.8) is 0 Å². The van der Waals surface area contributed by atoms with Crippen molar-refractivity contribution in [1.82, 2.24) is 35.2 Å². The van der Waals surface area contributed by atoms with Gasteiger partial charge in [0.05, 0.1) is 6.54 Å². The monoisotopic (exact) mass is 370 g/mol. The van der Waals surface area contributed by atoms with Gasteiger partial charge in [-0.1, -0.05) is 24.3 Å². The number of aromatic nitrogens is 3. The summed E-state index contributed by atoms with van der Waals surface area (Å²) in [6, 6.07) is 8.83. The fraction of sp³-hybridized carbons (Fsp3) is 0.526. The van der Waals surface area contributed by atoms with Gasteiger partial charge in [0, 0.05) is 53.4 Å². The average Bonchev–Trinajstić information content (AvgIpc) is 3.10. The molecule has 0 saturated carbocycles. The third kappa shape index (κ3) is 5.77. The lowest BCUT2D eigenvalue weighted by Crippen LogP contribution is -2.43. The topological polar surface area (TPSA) is 73.6 Å². The van der Waals surface area contributed by atoms with E-state index in [1.807, 2.05) is 7.05 Å². The normalized spacial score (nSPS) is 16.5. The predicted molar refractivity (Wildman–Crippen MR) is 107 cm³/mol. The van der Waals surface area contributed by atoms with Crippen LogP contribution in [0.1, 0.15) is 17.0 Å². The summed E-state index contributed by atoms with van der Waals surface area (Å²) in [5, 5.41) is 10.7. The van der Waals surface area contributed by atoms with Crippen LogP contribution in [0, 0.1) is 0 Å². The van der Waals surface area contributed by atoms with E-state index in [1.54, 1.807) is 18.1 Å². The van der Waals surface area contributed by atoms with Crippen LogP contribution in [0.2, 0.25) is 0 Å². The maximum atomic E-state index is 4.26. The van der Waals surface area contributed by atoms with Gasteiger partial charge >= 0.3 is 0 Å². The van der Waals surface area contributed by atoms with Crippen LogP contribution in [0.3, 0.4) is 0 Å². The van der Waals surface area contributed by atoms with Gasteiger partial charge in [0.1, 0.15) is 12.2 Å². The molecular weight excluding hydrogens is 340 g/mol. The van der Waals surface area contributed by atoms with E-state index < -0.39 is 0 Å². The van der Waals surface area contributed by atoms with Crippen LogP contribution in [0.25, 0.3) is 0 Å². The van der Waals surface area contributed by atoms with Crippen LogP contribution in [0.5, 0.6) is 0 Å². The summed E-state index contributed by atoms with van der Waals surface area (Å²) >= 11 is 0. The molecule has 2 aromatic rings. The second-order valence-electron chi connectivity index (χ2n) is 6.98. The number of rotatable bonds is 6. The SMILES string of the molecule is CN=C(NCc1ccc(CN2CCN(C)CC2)cc1)NCc1ncnn1C. The van der Waals surface area contributed by atoms with Crippen molar-refractivity contribution in [2.24, 2.45) is 12.0 Å². The van der Waals surface area contributed by atoms with Crippen molar-refractivity contribution in [2.75, 3.05) is 40.3 Å². The van der Waals surface area contributed by atoms with E-state index in [4.69, 9.17) is 0 Å². The van der Waals surface area contributed by atoms with Gasteiger partial charge in [-0.05, 0) is 18.2 Å². The zero-order valence-electron chi connectivity index (χ0n) is 16.5. The fourth-order valence-electron chi connectivity index (χ4n) is 3.08. The summed E-state index contributed by atoms with van der Waals surface area (Å²) in [4.78, 5) is 13.4. The Bertz CT molecular complexity index is 728. The van der Waals surface area contributed by atoms with E-state index in [9.17, 15) is 0 Å². The molecule has 0 atom stereocenters. The third-order valence-corrected chi connectivity index (χ3v) is 4.93. The van der Waals surface area contributed by atoms with Gasteiger partial charge in [-0.3, -0.25) is 14.6 Å². The summed E-state index contributed by atoms with van der Waals surface area (Å²) in [7, 11) is 5.84. The summed E-state index contributed by atoms with van der Waals surface area (Å²) in [5.41, 5.74) is 2.60. The van der Waals surface area contributed by atoms with E-state index >= 15 is 0 Å². The molecule has 0 unspecified atom stereocenters. The van der Waals surface area contributed by atoms with Gasteiger partial charge in [-0.15, -0.1) is 0 Å². The van der Waals surface area contributed by atoms with Gasteiger partial charge < -0.3 is 15.5 Å². The molecule has 0 spiro atoms. The minimum atomic E-state index is 0.583. The largest absolute Gasteiger partial charge is 0.352 e. The van der Waals surface area contributed by atoms with Crippen molar-refractivity contribution < 1.29 is 0 Å². The first-order chi connectivity index (χ1) is 13.1. The van der Waals surface area contributed by atoms with E-state index in [2.05, 4.69) is 66.8 Å². The Morgan fingerprint density at radius 1 is 1.00 bits per heavy atom. The van der Waals surface area contributed by atoms with Gasteiger partial charge in [0.25, 0.3) is 0 Å². The molecule has 1 aliphatic rings. The van der Waals surface area contributed by atoms with Gasteiger partial charge in [-0.2, -0.15) is 5.10 Å². The Balaban J connectivity index is 1.44. The number of hydrogen-bond acceptors (Lipinski definition) is 5. The van der Waals surface area contributed by atoms with Crippen LogP contribution in [0.15, 0.2) is 35.6 Å². The number of aliphatic imine (C=N–C) groups is 1. The molecule has 1 aromatic heterocycles. The number of nitrogens with one attached hydrogen (secondary N) is 2. The fourth-order valence-corrected chi connectivity index (χ4v) is 3.08. The summed E-state index contributed by atoms with van der Waals surface area (Å²) in [6.45, 7) is 6.95. The molecule has 0 amide bonds. The van der Waals surface area contributed by atoms with E-state index in [1.165, 1.54) is 11.1 Å². The van der Waals surface area contributed by atoms with Crippen LogP contribution < -0.4 is 10.6 Å². The maximum absolute atomic E-state index is 4.26. The second kappa shape index (κ2) is 9.48. The Hall–Kier alpha value is -2.45. The molecule has 1 saturated heterocycles. The van der Waals surface area contributed by atoms with E-state index in [0.717, 1.165) is 51.1 Å². The van der Waals surface area contributed by atoms with E-state index in [-0.39, 0.29) is 0 Å². The highest BCUT2D eigenvalue weighted by Gasteiger charge is 2.13. The highest BCUT2D eigenvalue weighted by atomic mass is 15.3. The molecule has 8 nitrogen and oxygen atoms in total. The minimum absolute atomic E-state index is 0.583. The van der Waals surface area contributed by atoms with Crippen molar-refractivity contribution >= 4 is 5.96 Å². The van der Waals surface area contributed by atoms with E-state index in [0.29, 0.717) is 6.54 Å². The lowest BCUT2D eigenvalue weighted by atomic mass is 10.1. The predicted octanol–water partition coefficient (Wildman–Crippen LogP) is 0.428. The number of benzene rings is 1. The molecule has 27 heavy (non-hydrogen) atoms. The van der Waals surface area contributed by atoms with Crippen LogP contribution in [-0.2, 0) is 26.7 Å². The molecule has 8 heteroatoms. The Labute approximate surface area is 161 Å². The number of nitrogens with zero attached hydrogens (tertiary/aromatic N) is 6. The molecule has 2 N–H and O–H groups in total. The van der Waals surface area contributed by atoms with Crippen molar-refractivity contribution in [1.29, 1.82) is 0 Å². The van der Waals surface area contributed by atoms with Crippen molar-refractivity contribution in [3.05, 3.63) is 47.5 Å². The molecule has 1 aromatic carbocycles. The lowest BCUT2D eigenvalue weighted by molar-refractivity contribution is 0.148. The zero-order chi connectivity index (χ0) is 19.1. The maximum Gasteiger partial charge on any atom is 0.191 e. The van der Waals surface area contributed by atoms with Gasteiger partial charge in [-0.25, -0.2) is 4.98 Å². The highest BCUT2D eigenvalue weighted by Crippen LogP contribution is 2.09. The standard InChI is InChI=1S/C19H30N8/c1-20-19(22-13-18-23-15-24-26(18)3)21-12-16-4-6-17(7-5-16)14-27-10-8-25(2)9-11-27/h4-7,15H,8-14H2,1-3H3,(H2,20,21,22). The first kappa shape index (κ1) is 19.3. The molecule has 1 fully saturated rings. The first-order valence-corrected chi connectivity index (χ1v) is 9.40. The molecule has 0 radical (unpaired) electrons. The first-order valence-electron chi connectivity index (χ1n) is 9.40. The molecule has 0 aliphatic carbocycles. The lowest BCUT2D eigenvalue weighted by Gasteiger charge is -2.32. The molecule has 1 aliphatic heterocycles. The summed E-state index contributed by atoms with van der Waals surface area (Å²) in [6.07, 6.45) is 1.55.